The average Bonchev–Trinajstić information content (AvgIpc) is 3.44. The van der Waals surface area contributed by atoms with Gasteiger partial charge in [-0.15, -0.1) is 0 Å². The zero-order valence-corrected chi connectivity index (χ0v) is 45.1. The van der Waals surface area contributed by atoms with Crippen LogP contribution in [0.25, 0.3) is 0 Å². The van der Waals surface area contributed by atoms with Crippen molar-refractivity contribution >= 4 is 70.7 Å². The molecule has 0 spiro atoms. The van der Waals surface area contributed by atoms with Crippen molar-refractivity contribution in [1.29, 1.82) is 0 Å². The molecule has 19 N–H and O–H groups in total. The number of rotatable bonds is 20. The Bertz CT molecular complexity index is 2860. The third-order valence-corrected chi connectivity index (χ3v) is 13.4. The predicted octanol–water partition coefficient (Wildman–Crippen LogP) is -2.25. The minimum atomic E-state index is -1.92. The number of aliphatic hydroxyl groups is 1. The second-order valence-electron chi connectivity index (χ2n) is 19.6. The Morgan fingerprint density at radius 1 is 0.642 bits per heavy atom. The summed E-state index contributed by atoms with van der Waals surface area (Å²) in [6, 6.07) is 10.4. The predicted molar refractivity (Wildman–Crippen MR) is 295 cm³/mol. The van der Waals surface area contributed by atoms with E-state index in [9.17, 15) is 63.3 Å². The molecule has 0 bridgehead atoms. The number of carbonyl (C=O) groups excluding carboxylic acids is 10. The van der Waals surface area contributed by atoms with Crippen molar-refractivity contribution in [2.24, 2.45) is 22.9 Å². The van der Waals surface area contributed by atoms with Gasteiger partial charge in [-0.3, -0.25) is 47.9 Å². The van der Waals surface area contributed by atoms with Crippen LogP contribution in [0.5, 0.6) is 11.5 Å². The van der Waals surface area contributed by atoms with E-state index in [4.69, 9.17) is 34.5 Å². The van der Waals surface area contributed by atoms with Gasteiger partial charge in [0.25, 0.3) is 0 Å². The number of nitrogens with two attached hydrogens (primary N) is 4. The fraction of sp³-hybridized carbons (Fsp3) is 0.382. The second kappa shape index (κ2) is 30.6. The Morgan fingerprint density at radius 2 is 1.15 bits per heavy atom. The Hall–Kier alpha value is -8.65. The van der Waals surface area contributed by atoms with Crippen LogP contribution in [0.15, 0.2) is 97.1 Å². The summed E-state index contributed by atoms with van der Waals surface area (Å²) in [5.41, 5.74) is 25.1. The number of unbranched alkanes of at least 4 members (excludes halogenated alkanes) is 2. The number of aliphatic hydroxyl groups excluding tert-OH is 1. The van der Waals surface area contributed by atoms with Gasteiger partial charge in [-0.2, -0.15) is 0 Å². The van der Waals surface area contributed by atoms with Crippen molar-refractivity contribution in [3.63, 3.8) is 0 Å². The minimum Gasteiger partial charge on any atom is -0.508 e. The van der Waals surface area contributed by atoms with Crippen LogP contribution >= 0.6 is 11.6 Å². The van der Waals surface area contributed by atoms with Gasteiger partial charge in [-0.1, -0.05) is 73.0 Å². The van der Waals surface area contributed by atoms with Crippen molar-refractivity contribution in [2.75, 3.05) is 13.1 Å². The Morgan fingerprint density at radius 3 is 1.69 bits per heavy atom. The molecule has 4 aromatic rings. The summed E-state index contributed by atoms with van der Waals surface area (Å²) in [5.74, 6) is -10.3. The van der Waals surface area contributed by atoms with Gasteiger partial charge in [0.1, 0.15) is 53.8 Å². The molecule has 0 radical (unpaired) electrons. The molecule has 1 fully saturated rings. The van der Waals surface area contributed by atoms with Crippen molar-refractivity contribution in [3.8, 4) is 11.5 Å². The first-order valence-electron chi connectivity index (χ1n) is 26.0. The molecule has 1 aliphatic rings. The van der Waals surface area contributed by atoms with Crippen LogP contribution in [-0.4, -0.2) is 142 Å². The van der Waals surface area contributed by atoms with Crippen molar-refractivity contribution in [1.82, 2.24) is 42.5 Å². The number of aromatic hydroxyl groups is 2. The molecule has 4 aromatic carbocycles. The van der Waals surface area contributed by atoms with E-state index < -0.39 is 126 Å². The van der Waals surface area contributed by atoms with E-state index in [0.717, 1.165) is 6.92 Å². The van der Waals surface area contributed by atoms with Crippen LogP contribution in [0.2, 0.25) is 5.02 Å². The monoisotopic (exact) mass is 1140 g/mol. The van der Waals surface area contributed by atoms with Gasteiger partial charge in [0.15, 0.2) is 0 Å². The summed E-state index contributed by atoms with van der Waals surface area (Å²) in [7, 11) is 0. The Balaban J connectivity index is 1.60. The maximum atomic E-state index is 14.7. The molecule has 9 atom stereocenters. The molecule has 0 saturated carbocycles. The summed E-state index contributed by atoms with van der Waals surface area (Å²) in [4.78, 5) is 140. The largest absolute Gasteiger partial charge is 0.508 e. The first kappa shape index (κ1) is 63.2. The first-order valence-corrected chi connectivity index (χ1v) is 26.4. The highest BCUT2D eigenvalue weighted by Gasteiger charge is 2.37. The number of benzene rings is 4. The molecular formula is C55H69ClN12O13. The third-order valence-electron chi connectivity index (χ3n) is 13.1. The normalized spacial score (nSPS) is 20.8. The second-order valence-corrected chi connectivity index (χ2v) is 20.0. The molecule has 10 amide bonds. The van der Waals surface area contributed by atoms with E-state index in [1.165, 1.54) is 72.8 Å². The van der Waals surface area contributed by atoms with Crippen LogP contribution in [0.1, 0.15) is 71.6 Å². The van der Waals surface area contributed by atoms with E-state index in [0.29, 0.717) is 53.1 Å². The van der Waals surface area contributed by atoms with Gasteiger partial charge in [0.05, 0.1) is 18.6 Å². The van der Waals surface area contributed by atoms with E-state index in [1.54, 1.807) is 24.3 Å². The maximum Gasteiger partial charge on any atom is 0.248 e. The van der Waals surface area contributed by atoms with Gasteiger partial charge in [0, 0.05) is 36.4 Å². The highest BCUT2D eigenvalue weighted by molar-refractivity contribution is 6.30. The Labute approximate surface area is 471 Å². The molecule has 1 aliphatic heterocycles. The zero-order chi connectivity index (χ0) is 59.3. The number of primary amides is 2. The molecule has 81 heavy (non-hydrogen) atoms. The molecule has 0 aliphatic carbocycles. The Kier molecular flexibility index (Phi) is 23.9. The van der Waals surface area contributed by atoms with Gasteiger partial charge in [-0.05, 0) is 104 Å². The number of nitrogens with one attached hydrogen (secondary N) is 8. The van der Waals surface area contributed by atoms with E-state index in [2.05, 4.69) is 42.5 Å². The maximum absolute atomic E-state index is 14.7. The van der Waals surface area contributed by atoms with Crippen LogP contribution in [-0.2, 0) is 68.8 Å². The van der Waals surface area contributed by atoms with Crippen LogP contribution < -0.4 is 65.5 Å². The summed E-state index contributed by atoms with van der Waals surface area (Å²) >= 11 is 6.05. The van der Waals surface area contributed by atoms with Crippen LogP contribution in [0.3, 0.4) is 0 Å². The molecule has 1 saturated heterocycles. The molecular weight excluding hydrogens is 1070 g/mol. The number of amides is 10. The van der Waals surface area contributed by atoms with Gasteiger partial charge >= 0.3 is 0 Å². The smallest absolute Gasteiger partial charge is 0.248 e. The molecule has 5 rings (SSSR count). The summed E-state index contributed by atoms with van der Waals surface area (Å²) in [6.45, 7) is 0.688. The number of hydrogen-bond donors (Lipinski definition) is 15. The lowest BCUT2D eigenvalue weighted by molar-refractivity contribution is -0.138. The minimum absolute atomic E-state index is 0.0533. The molecule has 434 valence electrons. The van der Waals surface area contributed by atoms with Gasteiger partial charge in [0.2, 0.25) is 59.1 Å². The molecule has 0 unspecified atom stereocenters. The van der Waals surface area contributed by atoms with E-state index in [1.807, 2.05) is 0 Å². The summed E-state index contributed by atoms with van der Waals surface area (Å²) in [6.07, 6.45) is -2.29. The quantitative estimate of drug-likeness (QED) is 0.0416. The SMILES string of the molecule is C[C@@H](O)[C@@H]1NC(=O)[C@H](CCCCCN)NC(=O)[C@@H](Cc2ccc(C(N)=O)cc2)NC(=O)[C@H](Cc2ccc(O)cc2)NC(=O)[C@H](NC(=O)[C@@H](N)Cc2ccc(Cl)cc2)CNC(=O)C[C@@H](C(=O)N[C@H](Cc2ccc(O)cc2)C(N)=O)NC1=O. The number of phenols is 2. The average molecular weight is 1140 g/mol. The number of halogens is 1. The molecule has 1 heterocycles. The lowest BCUT2D eigenvalue weighted by Gasteiger charge is -2.29. The lowest BCUT2D eigenvalue weighted by atomic mass is 10.00. The zero-order valence-electron chi connectivity index (χ0n) is 44.3. The topological polar surface area (TPSA) is 432 Å². The number of phenolic OH excluding ortho intramolecular Hbond substituents is 2. The van der Waals surface area contributed by atoms with Crippen LogP contribution in [0, 0.1) is 0 Å². The fourth-order valence-corrected chi connectivity index (χ4v) is 8.63. The van der Waals surface area contributed by atoms with Crippen molar-refractivity contribution in [2.45, 2.75) is 119 Å². The first-order chi connectivity index (χ1) is 38.5. The highest BCUT2D eigenvalue weighted by Crippen LogP contribution is 2.16. The van der Waals surface area contributed by atoms with E-state index in [-0.39, 0.29) is 49.2 Å². The van der Waals surface area contributed by atoms with Crippen LogP contribution in [0.4, 0.5) is 0 Å². The van der Waals surface area contributed by atoms with Gasteiger partial charge < -0.3 is 80.8 Å². The summed E-state index contributed by atoms with van der Waals surface area (Å²) in [5, 5.41) is 51.4. The van der Waals surface area contributed by atoms with Gasteiger partial charge in [-0.25, -0.2) is 0 Å². The number of hydrogen-bond acceptors (Lipinski definition) is 15. The number of carbonyl (C=O) groups is 10. The molecule has 26 heteroatoms. The molecule has 25 nitrogen and oxygen atoms in total. The summed E-state index contributed by atoms with van der Waals surface area (Å²) < 4.78 is 0. The van der Waals surface area contributed by atoms with Crippen molar-refractivity contribution in [3.05, 3.63) is 130 Å². The standard InChI is InChI=1S/C55H69ClN12O13/c1-29(69)46-55(81)66-43(53(79)63-40(48(60)74)24-32-10-18-36(70)19-11-32)27-45(72)61-28-44(67-49(75)38(58)23-30-8-16-35(56)17-9-30)54(80)65-42(26-33-12-20-37(71)21-13-33)52(78)64-41(25-31-6-14-34(15-7-31)47(59)73)51(77)62-39(50(76)68-46)5-3-2-4-22-57/h6-21,29,38-44,46,69-71H,2-5,22-28,57-58H2,1H3,(H2,59,73)(H2,60,74)(H,61,72)(H,62,77)(H,63,79)(H,64,78)(H,65,80)(H,66,81)(H,67,75)(H,68,76)/t29-,38+,39+,40-,41-,42+,43+,44-,46+/m1/s1. The van der Waals surface area contributed by atoms with Crippen molar-refractivity contribution < 1.29 is 63.3 Å². The highest BCUT2D eigenvalue weighted by atomic mass is 35.5. The third kappa shape index (κ3) is 20.2. The lowest BCUT2D eigenvalue weighted by Crippen LogP contribution is -2.63. The van der Waals surface area contributed by atoms with E-state index >= 15 is 0 Å². The molecule has 0 aromatic heterocycles. The fourth-order valence-electron chi connectivity index (χ4n) is 8.50.